The Hall–Kier alpha value is -2.50. The molecule has 0 bridgehead atoms. The predicted molar refractivity (Wildman–Crippen MR) is 118 cm³/mol. The third-order valence-corrected chi connectivity index (χ3v) is 9.17. The molecule has 1 saturated carbocycles. The molecule has 0 aromatic carbocycles. The molecular weight excluding hydrogens is 460 g/mol. The minimum atomic E-state index is -3.60. The minimum Gasteiger partial charge on any atom is -0.420 e. The number of hydrogen-bond acceptors (Lipinski definition) is 9. The summed E-state index contributed by atoms with van der Waals surface area (Å²) in [6.45, 7) is 1.72. The molecule has 4 heterocycles. The number of nitrogens with two attached hydrogens (primary N) is 1. The van der Waals surface area contributed by atoms with Crippen LogP contribution in [0.15, 0.2) is 33.9 Å². The Morgan fingerprint density at radius 1 is 1.26 bits per heavy atom. The molecule has 2 N–H and O–H groups in total. The van der Waals surface area contributed by atoms with Crippen molar-refractivity contribution in [3.05, 3.63) is 40.3 Å². The molecule has 12 heteroatoms. The van der Waals surface area contributed by atoms with Crippen molar-refractivity contribution in [3.8, 4) is 21.9 Å². The van der Waals surface area contributed by atoms with Gasteiger partial charge >= 0.3 is 0 Å². The van der Waals surface area contributed by atoms with Crippen molar-refractivity contribution in [2.24, 2.45) is 10.7 Å². The van der Waals surface area contributed by atoms with E-state index in [0.29, 0.717) is 33.2 Å². The molecule has 1 aliphatic carbocycles. The summed E-state index contributed by atoms with van der Waals surface area (Å²) in [5.41, 5.74) is 6.31. The SMILES string of the molecule is CN1C(N)=N[C@](C)(c2sc(-c3cncc(-c4nnc(C5CC5)o4)c3)cc2Cl)CS1(=O)=O. The maximum Gasteiger partial charge on any atom is 0.249 e. The van der Waals surface area contributed by atoms with E-state index < -0.39 is 15.6 Å². The summed E-state index contributed by atoms with van der Waals surface area (Å²) in [4.78, 5) is 10.2. The van der Waals surface area contributed by atoms with Crippen LogP contribution < -0.4 is 5.73 Å². The molecule has 2 aliphatic rings. The number of pyridine rings is 1. The van der Waals surface area contributed by atoms with Crippen LogP contribution in [0.4, 0.5) is 0 Å². The van der Waals surface area contributed by atoms with E-state index in [0.717, 1.165) is 27.6 Å². The average molecular weight is 479 g/mol. The first-order valence-electron chi connectivity index (χ1n) is 9.57. The zero-order valence-electron chi connectivity index (χ0n) is 16.7. The van der Waals surface area contributed by atoms with Gasteiger partial charge in [0.05, 0.1) is 21.2 Å². The first-order valence-corrected chi connectivity index (χ1v) is 12.4. The second-order valence-corrected chi connectivity index (χ2v) is 11.4. The molecule has 1 fully saturated rings. The molecule has 162 valence electrons. The van der Waals surface area contributed by atoms with E-state index in [2.05, 4.69) is 20.2 Å². The second-order valence-electron chi connectivity index (χ2n) is 7.94. The Balaban J connectivity index is 1.51. The summed E-state index contributed by atoms with van der Waals surface area (Å²) < 4.78 is 31.8. The third-order valence-electron chi connectivity index (χ3n) is 5.38. The zero-order valence-corrected chi connectivity index (χ0v) is 19.1. The number of nitrogens with zero attached hydrogens (tertiary/aromatic N) is 5. The van der Waals surface area contributed by atoms with Crippen molar-refractivity contribution in [3.63, 3.8) is 0 Å². The van der Waals surface area contributed by atoms with Crippen LogP contribution in [-0.4, -0.2) is 46.7 Å². The summed E-state index contributed by atoms with van der Waals surface area (Å²) in [5, 5.41) is 8.69. The van der Waals surface area contributed by atoms with Crippen molar-refractivity contribution in [1.29, 1.82) is 0 Å². The van der Waals surface area contributed by atoms with Crippen LogP contribution in [0.2, 0.25) is 5.02 Å². The van der Waals surface area contributed by atoms with E-state index in [9.17, 15) is 8.42 Å². The van der Waals surface area contributed by atoms with Gasteiger partial charge in [-0.15, -0.1) is 21.5 Å². The minimum absolute atomic E-state index is 0.0636. The monoisotopic (exact) mass is 478 g/mol. The molecule has 5 rings (SSSR count). The summed E-state index contributed by atoms with van der Waals surface area (Å²) in [6.07, 6.45) is 5.53. The number of rotatable bonds is 4. The van der Waals surface area contributed by atoms with E-state index in [1.165, 1.54) is 18.4 Å². The van der Waals surface area contributed by atoms with Gasteiger partial charge in [0.15, 0.2) is 0 Å². The molecule has 0 amide bonds. The topological polar surface area (TPSA) is 128 Å². The third kappa shape index (κ3) is 3.60. The standard InChI is InChI=1S/C19H19ClN6O3S2/c1-19(9-31(27,28)26(2)18(21)23-19)15-13(20)6-14(30-15)11-5-12(8-22-7-11)17-25-24-16(29-17)10-3-4-10/h5-8,10H,3-4,9H2,1-2H3,(H2,21,23)/t19-/m0/s1. The molecule has 0 radical (unpaired) electrons. The Morgan fingerprint density at radius 3 is 2.71 bits per heavy atom. The number of guanidine groups is 1. The highest BCUT2D eigenvalue weighted by Gasteiger charge is 2.42. The number of thiophene rings is 1. The summed E-state index contributed by atoms with van der Waals surface area (Å²) in [5.74, 6) is 1.17. The van der Waals surface area contributed by atoms with Crippen molar-refractivity contribution < 1.29 is 12.8 Å². The van der Waals surface area contributed by atoms with Crippen LogP contribution in [0.5, 0.6) is 0 Å². The first-order chi connectivity index (χ1) is 14.7. The molecule has 1 atom stereocenters. The van der Waals surface area contributed by atoms with E-state index in [4.69, 9.17) is 21.8 Å². The maximum atomic E-state index is 12.5. The number of sulfonamides is 1. The van der Waals surface area contributed by atoms with Crippen molar-refractivity contribution in [2.75, 3.05) is 12.8 Å². The fraction of sp³-hybridized carbons (Fsp3) is 0.368. The number of aromatic nitrogens is 3. The van der Waals surface area contributed by atoms with Gasteiger partial charge in [-0.1, -0.05) is 11.6 Å². The highest BCUT2D eigenvalue weighted by molar-refractivity contribution is 7.89. The van der Waals surface area contributed by atoms with Gasteiger partial charge in [0.1, 0.15) is 5.54 Å². The molecule has 1 aliphatic heterocycles. The van der Waals surface area contributed by atoms with Crippen LogP contribution in [0.25, 0.3) is 21.9 Å². The fourth-order valence-corrected chi connectivity index (χ4v) is 6.63. The lowest BCUT2D eigenvalue weighted by atomic mass is 10.0. The van der Waals surface area contributed by atoms with Gasteiger partial charge in [0.25, 0.3) is 0 Å². The molecule has 3 aromatic heterocycles. The quantitative estimate of drug-likeness (QED) is 0.609. The van der Waals surface area contributed by atoms with Gasteiger partial charge in [0.2, 0.25) is 27.8 Å². The molecular formula is C19H19ClN6O3S2. The molecule has 31 heavy (non-hydrogen) atoms. The molecule has 3 aromatic rings. The lowest BCUT2D eigenvalue weighted by Crippen LogP contribution is -2.50. The van der Waals surface area contributed by atoms with Gasteiger partial charge in [-0.3, -0.25) is 4.98 Å². The van der Waals surface area contributed by atoms with Crippen LogP contribution in [-0.2, 0) is 15.6 Å². The Labute approximate surface area is 188 Å². The van der Waals surface area contributed by atoms with Crippen molar-refractivity contribution in [2.45, 2.75) is 31.2 Å². The Kier molecular flexibility index (Phi) is 4.61. The normalized spacial score (nSPS) is 23.1. The largest absolute Gasteiger partial charge is 0.420 e. The first kappa shape index (κ1) is 20.4. The van der Waals surface area contributed by atoms with Gasteiger partial charge in [-0.2, -0.15) is 0 Å². The van der Waals surface area contributed by atoms with Gasteiger partial charge in [-0.25, -0.2) is 17.7 Å². The van der Waals surface area contributed by atoms with Crippen LogP contribution >= 0.6 is 22.9 Å². The summed E-state index contributed by atoms with van der Waals surface area (Å²) in [7, 11) is -2.21. The van der Waals surface area contributed by atoms with Gasteiger partial charge in [-0.05, 0) is 31.9 Å². The van der Waals surface area contributed by atoms with E-state index in [1.54, 1.807) is 25.4 Å². The second kappa shape index (κ2) is 7.01. The highest BCUT2D eigenvalue weighted by atomic mass is 35.5. The van der Waals surface area contributed by atoms with Crippen molar-refractivity contribution >= 4 is 38.9 Å². The zero-order chi connectivity index (χ0) is 22.0. The number of halogens is 1. The molecule has 0 unspecified atom stereocenters. The predicted octanol–water partition coefficient (Wildman–Crippen LogP) is 3.20. The summed E-state index contributed by atoms with van der Waals surface area (Å²) >= 11 is 7.89. The molecule has 0 spiro atoms. The lowest BCUT2D eigenvalue weighted by molar-refractivity contribution is 0.482. The van der Waals surface area contributed by atoms with E-state index >= 15 is 0 Å². The Bertz CT molecular complexity index is 1310. The van der Waals surface area contributed by atoms with E-state index in [-0.39, 0.29) is 11.7 Å². The molecule has 9 nitrogen and oxygen atoms in total. The summed E-state index contributed by atoms with van der Waals surface area (Å²) in [6, 6.07) is 3.68. The van der Waals surface area contributed by atoms with Crippen LogP contribution in [0.3, 0.4) is 0 Å². The fourth-order valence-electron chi connectivity index (χ4n) is 3.48. The number of aliphatic imine (C=N–C) groups is 1. The van der Waals surface area contributed by atoms with E-state index in [1.807, 2.05) is 6.07 Å². The highest BCUT2D eigenvalue weighted by Crippen LogP contribution is 2.44. The van der Waals surface area contributed by atoms with Crippen LogP contribution in [0, 0.1) is 0 Å². The Morgan fingerprint density at radius 2 is 2.00 bits per heavy atom. The maximum absolute atomic E-state index is 12.5. The number of hydrogen-bond donors (Lipinski definition) is 1. The van der Waals surface area contributed by atoms with Gasteiger partial charge in [0, 0.05) is 35.8 Å². The lowest BCUT2D eigenvalue weighted by Gasteiger charge is -2.33. The smallest absolute Gasteiger partial charge is 0.249 e. The van der Waals surface area contributed by atoms with Gasteiger partial charge < -0.3 is 10.2 Å². The van der Waals surface area contributed by atoms with Crippen molar-refractivity contribution in [1.82, 2.24) is 19.5 Å². The van der Waals surface area contributed by atoms with Crippen LogP contribution in [0.1, 0.15) is 36.5 Å². The average Bonchev–Trinajstić information content (AvgIpc) is 3.30. The molecule has 0 saturated heterocycles.